The Morgan fingerprint density at radius 2 is 1.97 bits per heavy atom. The number of furan rings is 1. The fraction of sp³-hybridized carbons (Fsp3) is 0.227. The van der Waals surface area contributed by atoms with Crippen LogP contribution in [0, 0.1) is 20.8 Å². The number of carbonyl (C=O) groups is 1. The molecule has 0 aliphatic carbocycles. The highest BCUT2D eigenvalue weighted by molar-refractivity contribution is 5.95. The molecule has 1 amide bonds. The lowest BCUT2D eigenvalue weighted by Crippen LogP contribution is -2.20. The zero-order valence-electron chi connectivity index (χ0n) is 17.2. The standard InChI is InChI=1S/C22H22N6O2/c1-13-10-14(2)28(27-13)20-11-19(24-21(26-20)18-8-7-15(3)30-18)25-22(29)16(4)17-6-5-9-23-12-17/h5-12,16H,1-4H3,(H,24,25,26,29). The maximum atomic E-state index is 12.8. The smallest absolute Gasteiger partial charge is 0.232 e. The van der Waals surface area contributed by atoms with Crippen LogP contribution in [0.25, 0.3) is 17.4 Å². The van der Waals surface area contributed by atoms with Gasteiger partial charge in [-0.2, -0.15) is 5.10 Å². The Balaban J connectivity index is 1.72. The summed E-state index contributed by atoms with van der Waals surface area (Å²) in [5.41, 5.74) is 2.62. The summed E-state index contributed by atoms with van der Waals surface area (Å²) in [6, 6.07) is 11.0. The molecule has 4 rings (SSSR count). The van der Waals surface area contributed by atoms with E-state index in [1.807, 2.05) is 52.0 Å². The van der Waals surface area contributed by atoms with Gasteiger partial charge in [-0.05, 0) is 57.5 Å². The van der Waals surface area contributed by atoms with Crippen LogP contribution in [0.2, 0.25) is 0 Å². The van der Waals surface area contributed by atoms with Crippen LogP contribution in [-0.4, -0.2) is 30.6 Å². The minimum atomic E-state index is -0.389. The summed E-state index contributed by atoms with van der Waals surface area (Å²) in [5, 5.41) is 7.39. The fourth-order valence-electron chi connectivity index (χ4n) is 3.15. The molecule has 1 N–H and O–H groups in total. The maximum Gasteiger partial charge on any atom is 0.232 e. The predicted octanol–water partition coefficient (Wildman–Crippen LogP) is 3.98. The lowest BCUT2D eigenvalue weighted by Gasteiger charge is -2.13. The van der Waals surface area contributed by atoms with E-state index in [1.54, 1.807) is 29.2 Å². The predicted molar refractivity (Wildman–Crippen MR) is 112 cm³/mol. The lowest BCUT2D eigenvalue weighted by atomic mass is 10.0. The van der Waals surface area contributed by atoms with E-state index in [1.165, 1.54) is 0 Å². The van der Waals surface area contributed by atoms with Gasteiger partial charge in [0, 0.05) is 24.2 Å². The largest absolute Gasteiger partial charge is 0.458 e. The zero-order valence-corrected chi connectivity index (χ0v) is 17.2. The van der Waals surface area contributed by atoms with Crippen molar-refractivity contribution < 1.29 is 9.21 Å². The van der Waals surface area contributed by atoms with Gasteiger partial charge in [-0.1, -0.05) is 6.07 Å². The number of nitrogens with zero attached hydrogens (tertiary/aromatic N) is 5. The van der Waals surface area contributed by atoms with E-state index in [0.29, 0.717) is 23.2 Å². The van der Waals surface area contributed by atoms with E-state index in [-0.39, 0.29) is 11.8 Å². The van der Waals surface area contributed by atoms with Crippen molar-refractivity contribution in [2.24, 2.45) is 0 Å². The second-order valence-corrected chi connectivity index (χ2v) is 7.18. The molecule has 4 aromatic heterocycles. The van der Waals surface area contributed by atoms with Crippen molar-refractivity contribution in [1.82, 2.24) is 24.7 Å². The third-order valence-electron chi connectivity index (χ3n) is 4.73. The van der Waals surface area contributed by atoms with Crippen LogP contribution in [0.15, 0.2) is 53.2 Å². The summed E-state index contributed by atoms with van der Waals surface area (Å²) in [5.74, 6) is 1.98. The molecule has 4 heterocycles. The summed E-state index contributed by atoms with van der Waals surface area (Å²) in [4.78, 5) is 26.0. The molecule has 152 valence electrons. The summed E-state index contributed by atoms with van der Waals surface area (Å²) in [6.45, 7) is 7.54. The number of carbonyl (C=O) groups excluding carboxylic acids is 1. The first-order valence-corrected chi connectivity index (χ1v) is 9.61. The Hall–Kier alpha value is -3.81. The molecule has 0 saturated heterocycles. The van der Waals surface area contributed by atoms with E-state index in [0.717, 1.165) is 22.7 Å². The van der Waals surface area contributed by atoms with Crippen LogP contribution in [-0.2, 0) is 4.79 Å². The molecular weight excluding hydrogens is 380 g/mol. The van der Waals surface area contributed by atoms with Gasteiger partial charge in [0.2, 0.25) is 5.91 Å². The fourth-order valence-corrected chi connectivity index (χ4v) is 3.15. The number of hydrogen-bond donors (Lipinski definition) is 1. The third kappa shape index (κ3) is 3.98. The molecule has 8 nitrogen and oxygen atoms in total. The Morgan fingerprint density at radius 1 is 1.13 bits per heavy atom. The van der Waals surface area contributed by atoms with Gasteiger partial charge in [0.05, 0.1) is 11.6 Å². The molecule has 1 unspecified atom stereocenters. The highest BCUT2D eigenvalue weighted by Crippen LogP contribution is 2.24. The van der Waals surface area contributed by atoms with Gasteiger partial charge in [0.15, 0.2) is 17.4 Å². The molecular formula is C22H22N6O2. The van der Waals surface area contributed by atoms with E-state index in [9.17, 15) is 4.79 Å². The van der Waals surface area contributed by atoms with Gasteiger partial charge in [-0.25, -0.2) is 14.6 Å². The van der Waals surface area contributed by atoms with Gasteiger partial charge in [-0.3, -0.25) is 9.78 Å². The number of nitrogens with one attached hydrogen (secondary N) is 1. The third-order valence-corrected chi connectivity index (χ3v) is 4.73. The first-order chi connectivity index (χ1) is 14.4. The van der Waals surface area contributed by atoms with E-state index >= 15 is 0 Å². The highest BCUT2D eigenvalue weighted by atomic mass is 16.3. The second kappa shape index (κ2) is 7.90. The molecule has 4 aromatic rings. The summed E-state index contributed by atoms with van der Waals surface area (Å²) < 4.78 is 7.42. The minimum Gasteiger partial charge on any atom is -0.458 e. The minimum absolute atomic E-state index is 0.192. The normalized spacial score (nSPS) is 12.0. The molecule has 0 bridgehead atoms. The molecule has 0 radical (unpaired) electrons. The Morgan fingerprint density at radius 3 is 2.60 bits per heavy atom. The molecule has 8 heteroatoms. The number of aromatic nitrogens is 5. The second-order valence-electron chi connectivity index (χ2n) is 7.18. The average molecular weight is 402 g/mol. The molecule has 0 fully saturated rings. The number of pyridine rings is 1. The molecule has 0 spiro atoms. The number of amides is 1. The van der Waals surface area contributed by atoms with Crippen LogP contribution in [0.3, 0.4) is 0 Å². The average Bonchev–Trinajstić information content (AvgIpc) is 3.32. The van der Waals surface area contributed by atoms with Crippen LogP contribution in [0.1, 0.15) is 35.6 Å². The van der Waals surface area contributed by atoms with Crippen LogP contribution in [0.4, 0.5) is 5.82 Å². The summed E-state index contributed by atoms with van der Waals surface area (Å²) in [6.07, 6.45) is 3.36. The topological polar surface area (TPSA) is 98.7 Å². The van der Waals surface area contributed by atoms with Crippen molar-refractivity contribution in [3.8, 4) is 17.4 Å². The van der Waals surface area contributed by atoms with Gasteiger partial charge in [0.25, 0.3) is 0 Å². The SMILES string of the molecule is Cc1cc(C)n(-c2cc(NC(=O)C(C)c3cccnc3)nc(-c3ccc(C)o3)n2)n1. The molecule has 0 aliphatic rings. The van der Waals surface area contributed by atoms with Gasteiger partial charge in [0.1, 0.15) is 11.6 Å². The molecule has 0 aromatic carbocycles. The lowest BCUT2D eigenvalue weighted by molar-refractivity contribution is -0.117. The molecule has 1 atom stereocenters. The van der Waals surface area contributed by atoms with Crippen LogP contribution in [0.5, 0.6) is 0 Å². The van der Waals surface area contributed by atoms with Gasteiger partial charge in [-0.15, -0.1) is 0 Å². The van der Waals surface area contributed by atoms with E-state index < -0.39 is 0 Å². The summed E-state index contributed by atoms with van der Waals surface area (Å²) in [7, 11) is 0. The summed E-state index contributed by atoms with van der Waals surface area (Å²) >= 11 is 0. The van der Waals surface area contributed by atoms with Gasteiger partial charge >= 0.3 is 0 Å². The van der Waals surface area contributed by atoms with Crippen LogP contribution < -0.4 is 5.32 Å². The molecule has 30 heavy (non-hydrogen) atoms. The molecule has 0 saturated carbocycles. The zero-order chi connectivity index (χ0) is 21.3. The maximum absolute atomic E-state index is 12.8. The van der Waals surface area contributed by atoms with Crippen molar-refractivity contribution in [1.29, 1.82) is 0 Å². The van der Waals surface area contributed by atoms with Crippen molar-refractivity contribution in [3.63, 3.8) is 0 Å². The number of aryl methyl sites for hydroxylation is 3. The van der Waals surface area contributed by atoms with Crippen molar-refractivity contribution >= 4 is 11.7 Å². The van der Waals surface area contributed by atoms with E-state index in [4.69, 9.17) is 4.42 Å². The van der Waals surface area contributed by atoms with Crippen LogP contribution >= 0.6 is 0 Å². The number of rotatable bonds is 5. The highest BCUT2D eigenvalue weighted by Gasteiger charge is 2.19. The van der Waals surface area contributed by atoms with Crippen molar-refractivity contribution in [3.05, 3.63) is 71.5 Å². The van der Waals surface area contributed by atoms with Crippen molar-refractivity contribution in [2.45, 2.75) is 33.6 Å². The quantitative estimate of drug-likeness (QED) is 0.542. The first kappa shape index (κ1) is 19.5. The monoisotopic (exact) mass is 402 g/mol. The Kier molecular flexibility index (Phi) is 5.14. The van der Waals surface area contributed by atoms with Gasteiger partial charge < -0.3 is 9.73 Å². The Bertz CT molecular complexity index is 1200. The Labute approximate surface area is 174 Å². The number of anilines is 1. The van der Waals surface area contributed by atoms with E-state index in [2.05, 4.69) is 25.4 Å². The number of hydrogen-bond acceptors (Lipinski definition) is 6. The van der Waals surface area contributed by atoms with Crippen molar-refractivity contribution in [2.75, 3.05) is 5.32 Å². The first-order valence-electron chi connectivity index (χ1n) is 9.61. The molecule has 0 aliphatic heterocycles.